The zero-order valence-electron chi connectivity index (χ0n) is 10.7. The van der Waals surface area contributed by atoms with Crippen LogP contribution in [0, 0.1) is 0 Å². The molecule has 17 heavy (non-hydrogen) atoms. The molecule has 1 heterocycles. The molecule has 2 atom stereocenters. The van der Waals surface area contributed by atoms with E-state index >= 15 is 0 Å². The maximum absolute atomic E-state index is 11.1. The zero-order valence-corrected chi connectivity index (χ0v) is 10.7. The molecule has 2 N–H and O–H groups in total. The van der Waals surface area contributed by atoms with Gasteiger partial charge in [0.25, 0.3) is 0 Å². The SMILES string of the molecule is CCNC(C)(CCCOC1CCOC1)C(=O)O. The summed E-state index contributed by atoms with van der Waals surface area (Å²) in [6.45, 7) is 6.33. The van der Waals surface area contributed by atoms with Crippen LogP contribution in [0.1, 0.15) is 33.1 Å². The molecule has 0 spiro atoms. The predicted octanol–water partition coefficient (Wildman–Crippen LogP) is 1.02. The molecule has 1 fully saturated rings. The number of carboxylic acids is 1. The lowest BCUT2D eigenvalue weighted by atomic mass is 9.96. The molecular weight excluding hydrogens is 222 g/mol. The normalized spacial score (nSPS) is 23.5. The van der Waals surface area contributed by atoms with Crippen LogP contribution in [0.3, 0.4) is 0 Å². The van der Waals surface area contributed by atoms with E-state index in [0.717, 1.165) is 19.4 Å². The summed E-state index contributed by atoms with van der Waals surface area (Å²) in [5.41, 5.74) is -0.843. The number of rotatable bonds is 8. The van der Waals surface area contributed by atoms with Gasteiger partial charge in [-0.05, 0) is 32.7 Å². The van der Waals surface area contributed by atoms with Gasteiger partial charge in [-0.15, -0.1) is 0 Å². The Morgan fingerprint density at radius 3 is 2.94 bits per heavy atom. The molecule has 0 aromatic carbocycles. The van der Waals surface area contributed by atoms with Gasteiger partial charge in [0.15, 0.2) is 0 Å². The number of hydrogen-bond donors (Lipinski definition) is 2. The fraction of sp³-hybridized carbons (Fsp3) is 0.917. The van der Waals surface area contributed by atoms with Crippen molar-refractivity contribution in [2.75, 3.05) is 26.4 Å². The number of ether oxygens (including phenoxy) is 2. The Balaban J connectivity index is 2.20. The van der Waals surface area contributed by atoms with E-state index in [1.807, 2.05) is 6.92 Å². The summed E-state index contributed by atoms with van der Waals surface area (Å²) < 4.78 is 10.8. The lowest BCUT2D eigenvalue weighted by molar-refractivity contribution is -0.144. The Labute approximate surface area is 102 Å². The van der Waals surface area contributed by atoms with E-state index in [1.54, 1.807) is 6.92 Å². The van der Waals surface area contributed by atoms with Gasteiger partial charge in [0.1, 0.15) is 5.54 Å². The first-order valence-electron chi connectivity index (χ1n) is 6.26. The standard InChI is InChI=1S/C12H23NO4/c1-3-13-12(2,11(14)15)6-4-7-17-10-5-8-16-9-10/h10,13H,3-9H2,1-2H3,(H,14,15). The van der Waals surface area contributed by atoms with Crippen LogP contribution < -0.4 is 5.32 Å². The largest absolute Gasteiger partial charge is 0.480 e. The van der Waals surface area contributed by atoms with Crippen LogP contribution >= 0.6 is 0 Å². The van der Waals surface area contributed by atoms with Gasteiger partial charge < -0.3 is 19.9 Å². The second-order valence-electron chi connectivity index (χ2n) is 4.63. The van der Waals surface area contributed by atoms with E-state index in [4.69, 9.17) is 14.6 Å². The van der Waals surface area contributed by atoms with Crippen molar-refractivity contribution >= 4 is 5.97 Å². The summed E-state index contributed by atoms with van der Waals surface area (Å²) in [6.07, 6.45) is 2.46. The number of nitrogens with one attached hydrogen (secondary N) is 1. The maximum atomic E-state index is 11.1. The van der Waals surface area contributed by atoms with Crippen molar-refractivity contribution in [2.24, 2.45) is 0 Å². The number of aliphatic carboxylic acids is 1. The summed E-state index contributed by atoms with van der Waals surface area (Å²) in [6, 6.07) is 0. The Morgan fingerprint density at radius 2 is 2.41 bits per heavy atom. The molecule has 1 aliphatic rings. The summed E-state index contributed by atoms with van der Waals surface area (Å²) in [7, 11) is 0. The van der Waals surface area contributed by atoms with Crippen LogP contribution in [-0.4, -0.2) is 49.1 Å². The van der Waals surface area contributed by atoms with E-state index in [0.29, 0.717) is 26.2 Å². The number of hydrogen-bond acceptors (Lipinski definition) is 4. The fourth-order valence-electron chi connectivity index (χ4n) is 1.98. The minimum atomic E-state index is -0.843. The third-order valence-corrected chi connectivity index (χ3v) is 3.10. The van der Waals surface area contributed by atoms with Crippen molar-refractivity contribution in [3.8, 4) is 0 Å². The molecule has 5 heteroatoms. The first kappa shape index (κ1) is 14.4. The summed E-state index contributed by atoms with van der Waals surface area (Å²) >= 11 is 0. The van der Waals surface area contributed by atoms with Gasteiger partial charge >= 0.3 is 5.97 Å². The number of carbonyl (C=O) groups is 1. The van der Waals surface area contributed by atoms with Crippen LogP contribution in [0.15, 0.2) is 0 Å². The van der Waals surface area contributed by atoms with Crippen molar-refractivity contribution in [2.45, 2.75) is 44.8 Å². The van der Waals surface area contributed by atoms with Crippen LogP contribution in [0.5, 0.6) is 0 Å². The van der Waals surface area contributed by atoms with Gasteiger partial charge in [-0.25, -0.2) is 0 Å². The number of carboxylic acid groups (broad SMARTS) is 1. The van der Waals surface area contributed by atoms with E-state index in [-0.39, 0.29) is 6.10 Å². The quantitative estimate of drug-likeness (QED) is 0.625. The van der Waals surface area contributed by atoms with E-state index in [2.05, 4.69) is 5.32 Å². The Morgan fingerprint density at radius 1 is 1.65 bits per heavy atom. The van der Waals surface area contributed by atoms with Crippen LogP contribution in [0.2, 0.25) is 0 Å². The third-order valence-electron chi connectivity index (χ3n) is 3.10. The zero-order chi connectivity index (χ0) is 12.7. The molecule has 0 aromatic heterocycles. The molecule has 1 aliphatic heterocycles. The molecule has 0 aromatic rings. The topological polar surface area (TPSA) is 67.8 Å². The predicted molar refractivity (Wildman–Crippen MR) is 64.1 cm³/mol. The highest BCUT2D eigenvalue weighted by molar-refractivity contribution is 5.78. The first-order valence-corrected chi connectivity index (χ1v) is 6.26. The molecule has 0 amide bonds. The lowest BCUT2D eigenvalue weighted by Crippen LogP contribution is -2.49. The highest BCUT2D eigenvalue weighted by Crippen LogP contribution is 2.14. The van der Waals surface area contributed by atoms with Crippen molar-refractivity contribution in [1.29, 1.82) is 0 Å². The number of likely N-dealkylation sites (N-methyl/N-ethyl adjacent to an activating group) is 1. The molecule has 0 bridgehead atoms. The molecule has 1 saturated heterocycles. The van der Waals surface area contributed by atoms with Gasteiger partial charge in [-0.2, -0.15) is 0 Å². The second kappa shape index (κ2) is 6.93. The summed E-state index contributed by atoms with van der Waals surface area (Å²) in [5.74, 6) is -0.802. The maximum Gasteiger partial charge on any atom is 0.323 e. The van der Waals surface area contributed by atoms with Crippen molar-refractivity contribution in [3.05, 3.63) is 0 Å². The van der Waals surface area contributed by atoms with E-state index in [9.17, 15) is 4.79 Å². The Bertz CT molecular complexity index is 241. The lowest BCUT2D eigenvalue weighted by Gasteiger charge is -2.25. The average Bonchev–Trinajstić information content (AvgIpc) is 2.77. The van der Waals surface area contributed by atoms with Crippen LogP contribution in [0.4, 0.5) is 0 Å². The van der Waals surface area contributed by atoms with Crippen molar-refractivity contribution < 1.29 is 19.4 Å². The monoisotopic (exact) mass is 245 g/mol. The Hall–Kier alpha value is -0.650. The third kappa shape index (κ3) is 4.61. The van der Waals surface area contributed by atoms with Gasteiger partial charge in [0.05, 0.1) is 12.7 Å². The highest BCUT2D eigenvalue weighted by Gasteiger charge is 2.31. The molecule has 0 radical (unpaired) electrons. The fourth-order valence-corrected chi connectivity index (χ4v) is 1.98. The minimum absolute atomic E-state index is 0.199. The van der Waals surface area contributed by atoms with Crippen molar-refractivity contribution in [3.63, 3.8) is 0 Å². The van der Waals surface area contributed by atoms with Crippen molar-refractivity contribution in [1.82, 2.24) is 5.32 Å². The summed E-state index contributed by atoms with van der Waals surface area (Å²) in [5, 5.41) is 12.2. The van der Waals surface area contributed by atoms with E-state index < -0.39 is 11.5 Å². The first-order chi connectivity index (χ1) is 8.08. The molecular formula is C12H23NO4. The molecule has 100 valence electrons. The van der Waals surface area contributed by atoms with Gasteiger partial charge in [-0.1, -0.05) is 6.92 Å². The van der Waals surface area contributed by atoms with Crippen LogP contribution in [0.25, 0.3) is 0 Å². The molecule has 5 nitrogen and oxygen atoms in total. The molecule has 0 saturated carbocycles. The summed E-state index contributed by atoms with van der Waals surface area (Å²) in [4.78, 5) is 11.1. The Kier molecular flexibility index (Phi) is 5.88. The van der Waals surface area contributed by atoms with Gasteiger partial charge in [0, 0.05) is 13.2 Å². The van der Waals surface area contributed by atoms with Gasteiger partial charge in [-0.3, -0.25) is 4.79 Å². The van der Waals surface area contributed by atoms with E-state index in [1.165, 1.54) is 0 Å². The van der Waals surface area contributed by atoms with Crippen LogP contribution in [-0.2, 0) is 14.3 Å². The molecule has 1 rings (SSSR count). The average molecular weight is 245 g/mol. The second-order valence-corrected chi connectivity index (χ2v) is 4.63. The minimum Gasteiger partial charge on any atom is -0.480 e. The highest BCUT2D eigenvalue weighted by atomic mass is 16.5. The molecule has 0 aliphatic carbocycles. The van der Waals surface area contributed by atoms with Gasteiger partial charge in [0.2, 0.25) is 0 Å². The molecule has 2 unspecified atom stereocenters. The smallest absolute Gasteiger partial charge is 0.323 e.